The van der Waals surface area contributed by atoms with E-state index in [1.807, 2.05) is 6.20 Å². The van der Waals surface area contributed by atoms with Crippen molar-refractivity contribution >= 4 is 5.82 Å². The number of pyridine rings is 1. The third-order valence-corrected chi connectivity index (χ3v) is 5.36. The van der Waals surface area contributed by atoms with E-state index in [9.17, 15) is 0 Å². The minimum atomic E-state index is 0.896. The molecular weight excluding hydrogens is 258 g/mol. The van der Waals surface area contributed by atoms with Crippen LogP contribution in [0.15, 0.2) is 18.3 Å². The summed E-state index contributed by atoms with van der Waals surface area (Å²) in [6, 6.07) is 4.26. The Balaban J connectivity index is 1.62. The molecule has 3 atom stereocenters. The monoisotopic (exact) mass is 287 g/mol. The molecule has 116 valence electrons. The number of rotatable bonds is 7. The van der Waals surface area contributed by atoms with Gasteiger partial charge < -0.3 is 10.2 Å². The fourth-order valence-electron chi connectivity index (χ4n) is 4.35. The Hall–Kier alpha value is -1.09. The molecule has 0 saturated heterocycles. The van der Waals surface area contributed by atoms with E-state index in [2.05, 4.69) is 41.3 Å². The fraction of sp³-hybridized carbons (Fsp3) is 0.722. The van der Waals surface area contributed by atoms with E-state index in [1.54, 1.807) is 0 Å². The first-order valence-corrected chi connectivity index (χ1v) is 8.63. The smallest absolute Gasteiger partial charge is 0.132 e. The lowest BCUT2D eigenvalue weighted by molar-refractivity contribution is 0.337. The van der Waals surface area contributed by atoms with Gasteiger partial charge in [-0.3, -0.25) is 0 Å². The number of hydrogen-bond acceptors (Lipinski definition) is 3. The summed E-state index contributed by atoms with van der Waals surface area (Å²) in [6.07, 6.45) is 9.00. The lowest BCUT2D eigenvalue weighted by Crippen LogP contribution is -2.30. The number of anilines is 1. The van der Waals surface area contributed by atoms with E-state index in [4.69, 9.17) is 0 Å². The maximum atomic E-state index is 4.65. The second-order valence-electron chi connectivity index (χ2n) is 6.98. The van der Waals surface area contributed by atoms with Crippen molar-refractivity contribution in [3.8, 4) is 0 Å². The second kappa shape index (κ2) is 6.78. The Labute approximate surface area is 129 Å². The molecule has 0 amide bonds. The van der Waals surface area contributed by atoms with Crippen LogP contribution in [-0.4, -0.2) is 25.1 Å². The summed E-state index contributed by atoms with van der Waals surface area (Å²) in [4.78, 5) is 7.04. The van der Waals surface area contributed by atoms with Gasteiger partial charge in [-0.05, 0) is 56.0 Å². The van der Waals surface area contributed by atoms with Crippen molar-refractivity contribution in [2.45, 2.75) is 45.6 Å². The zero-order valence-electron chi connectivity index (χ0n) is 13.5. The summed E-state index contributed by atoms with van der Waals surface area (Å²) in [7, 11) is 2.22. The van der Waals surface area contributed by atoms with Gasteiger partial charge in [-0.1, -0.05) is 19.4 Å². The highest BCUT2D eigenvalue weighted by atomic mass is 15.2. The molecule has 3 rings (SSSR count). The Morgan fingerprint density at radius 3 is 2.95 bits per heavy atom. The molecule has 3 nitrogen and oxygen atoms in total. The van der Waals surface area contributed by atoms with Crippen LogP contribution >= 0.6 is 0 Å². The van der Waals surface area contributed by atoms with Crippen molar-refractivity contribution in [2.75, 3.05) is 25.0 Å². The van der Waals surface area contributed by atoms with Crippen LogP contribution in [-0.2, 0) is 6.54 Å². The zero-order valence-corrected chi connectivity index (χ0v) is 13.5. The molecule has 1 aromatic rings. The number of aromatic nitrogens is 1. The summed E-state index contributed by atoms with van der Waals surface area (Å²) in [5.74, 6) is 4.08. The predicted molar refractivity (Wildman–Crippen MR) is 88.4 cm³/mol. The molecule has 3 heteroatoms. The van der Waals surface area contributed by atoms with E-state index < -0.39 is 0 Å². The summed E-state index contributed by atoms with van der Waals surface area (Å²) < 4.78 is 0. The Bertz CT molecular complexity index is 460. The van der Waals surface area contributed by atoms with E-state index >= 15 is 0 Å². The van der Waals surface area contributed by atoms with Gasteiger partial charge >= 0.3 is 0 Å². The van der Waals surface area contributed by atoms with Gasteiger partial charge in [0.15, 0.2) is 0 Å². The van der Waals surface area contributed by atoms with Crippen molar-refractivity contribution in [2.24, 2.45) is 17.8 Å². The van der Waals surface area contributed by atoms with Crippen LogP contribution in [0.2, 0.25) is 0 Å². The van der Waals surface area contributed by atoms with E-state index in [0.29, 0.717) is 0 Å². The summed E-state index contributed by atoms with van der Waals surface area (Å²) >= 11 is 0. The molecule has 2 aliphatic carbocycles. The normalized spacial score (nSPS) is 27.2. The largest absolute Gasteiger partial charge is 0.359 e. The third kappa shape index (κ3) is 3.39. The number of fused-ring (bicyclic) bond motifs is 2. The quantitative estimate of drug-likeness (QED) is 0.779. The lowest BCUT2D eigenvalue weighted by atomic mass is 9.88. The Morgan fingerprint density at radius 1 is 1.33 bits per heavy atom. The summed E-state index contributed by atoms with van der Waals surface area (Å²) in [5, 5.41) is 3.50. The standard InChI is InChI=1S/C18H29N3/c1-3-8-19-12-16-5-4-9-20-18(16)21(2)13-17-11-14-6-7-15(17)10-14/h4-5,9,14-15,17,19H,3,6-8,10-13H2,1-2H3. The molecule has 21 heavy (non-hydrogen) atoms. The molecule has 0 aliphatic heterocycles. The number of nitrogens with one attached hydrogen (secondary N) is 1. The van der Waals surface area contributed by atoms with Gasteiger partial charge in [0.1, 0.15) is 5.82 Å². The highest BCUT2D eigenvalue weighted by Gasteiger charge is 2.39. The van der Waals surface area contributed by atoms with Crippen molar-refractivity contribution in [3.63, 3.8) is 0 Å². The third-order valence-electron chi connectivity index (χ3n) is 5.36. The van der Waals surface area contributed by atoms with Gasteiger partial charge in [0.2, 0.25) is 0 Å². The van der Waals surface area contributed by atoms with Crippen LogP contribution in [0.25, 0.3) is 0 Å². The van der Waals surface area contributed by atoms with Crippen LogP contribution in [0.5, 0.6) is 0 Å². The molecule has 2 bridgehead atoms. The van der Waals surface area contributed by atoms with Crippen LogP contribution in [0.3, 0.4) is 0 Å². The highest BCUT2D eigenvalue weighted by Crippen LogP contribution is 2.48. The van der Waals surface area contributed by atoms with Crippen molar-refractivity contribution in [3.05, 3.63) is 23.9 Å². The van der Waals surface area contributed by atoms with Crippen molar-refractivity contribution < 1.29 is 0 Å². The average molecular weight is 287 g/mol. The van der Waals surface area contributed by atoms with Gasteiger partial charge in [-0.2, -0.15) is 0 Å². The van der Waals surface area contributed by atoms with Gasteiger partial charge in [-0.25, -0.2) is 4.98 Å². The van der Waals surface area contributed by atoms with Gasteiger partial charge in [0, 0.05) is 31.9 Å². The summed E-state index contributed by atoms with van der Waals surface area (Å²) in [6.45, 7) is 5.39. The first kappa shape index (κ1) is 14.8. The maximum absolute atomic E-state index is 4.65. The number of nitrogens with zero attached hydrogens (tertiary/aromatic N) is 2. The highest BCUT2D eigenvalue weighted by molar-refractivity contribution is 5.46. The minimum absolute atomic E-state index is 0.896. The zero-order chi connectivity index (χ0) is 14.7. The molecule has 2 aliphatic rings. The van der Waals surface area contributed by atoms with Gasteiger partial charge in [0.05, 0.1) is 0 Å². The first-order chi connectivity index (χ1) is 10.3. The first-order valence-electron chi connectivity index (χ1n) is 8.63. The van der Waals surface area contributed by atoms with Gasteiger partial charge in [-0.15, -0.1) is 0 Å². The van der Waals surface area contributed by atoms with E-state index in [1.165, 1.54) is 50.0 Å². The fourth-order valence-corrected chi connectivity index (χ4v) is 4.35. The molecule has 3 unspecified atom stereocenters. The van der Waals surface area contributed by atoms with Crippen LogP contribution < -0.4 is 10.2 Å². The molecule has 1 N–H and O–H groups in total. The van der Waals surface area contributed by atoms with Crippen molar-refractivity contribution in [1.82, 2.24) is 10.3 Å². The molecule has 2 saturated carbocycles. The molecule has 1 heterocycles. The summed E-state index contributed by atoms with van der Waals surface area (Å²) in [5.41, 5.74) is 1.33. The van der Waals surface area contributed by atoms with Crippen LogP contribution in [0.1, 0.15) is 44.6 Å². The minimum Gasteiger partial charge on any atom is -0.359 e. The predicted octanol–water partition coefficient (Wildman–Crippen LogP) is 3.45. The molecular formula is C18H29N3. The average Bonchev–Trinajstić information content (AvgIpc) is 3.10. The Morgan fingerprint density at radius 2 is 2.24 bits per heavy atom. The maximum Gasteiger partial charge on any atom is 0.132 e. The Kier molecular flexibility index (Phi) is 4.79. The molecule has 0 radical (unpaired) electrons. The molecule has 1 aromatic heterocycles. The topological polar surface area (TPSA) is 28.2 Å². The SMILES string of the molecule is CCCNCc1cccnc1N(C)CC1CC2CCC1C2. The van der Waals surface area contributed by atoms with Crippen LogP contribution in [0.4, 0.5) is 5.82 Å². The van der Waals surface area contributed by atoms with Gasteiger partial charge in [0.25, 0.3) is 0 Å². The number of hydrogen-bond donors (Lipinski definition) is 1. The van der Waals surface area contributed by atoms with E-state index in [-0.39, 0.29) is 0 Å². The van der Waals surface area contributed by atoms with E-state index in [0.717, 1.165) is 30.8 Å². The van der Waals surface area contributed by atoms with Crippen molar-refractivity contribution in [1.29, 1.82) is 0 Å². The molecule has 2 fully saturated rings. The molecule has 0 aromatic carbocycles. The lowest BCUT2D eigenvalue weighted by Gasteiger charge is -2.29. The van der Waals surface area contributed by atoms with Crippen LogP contribution in [0, 0.1) is 17.8 Å². The molecule has 0 spiro atoms. The second-order valence-corrected chi connectivity index (χ2v) is 6.98.